The molecule has 1 N–H and O–H groups in total. The van der Waals surface area contributed by atoms with Gasteiger partial charge >= 0.3 is 0 Å². The maximum Gasteiger partial charge on any atom is 0.292 e. The number of nitro groups is 1. The van der Waals surface area contributed by atoms with Gasteiger partial charge in [0.25, 0.3) is 5.69 Å². The van der Waals surface area contributed by atoms with E-state index in [1.165, 1.54) is 6.07 Å². The highest BCUT2D eigenvalue weighted by Crippen LogP contribution is 2.32. The van der Waals surface area contributed by atoms with Gasteiger partial charge in [0.05, 0.1) is 17.6 Å². The number of nitrogens with one attached hydrogen (secondary N) is 1. The number of nitro benzene ring substituents is 1. The monoisotopic (exact) mass is 294 g/mol. The van der Waals surface area contributed by atoms with Crippen molar-refractivity contribution in [3.63, 3.8) is 0 Å². The Labute approximate surface area is 124 Å². The van der Waals surface area contributed by atoms with Gasteiger partial charge in [-0.3, -0.25) is 10.1 Å². The van der Waals surface area contributed by atoms with E-state index in [9.17, 15) is 10.1 Å². The second-order valence-electron chi connectivity index (χ2n) is 5.23. The van der Waals surface area contributed by atoms with E-state index in [2.05, 4.69) is 5.32 Å². The molecule has 1 aliphatic rings. The van der Waals surface area contributed by atoms with Crippen molar-refractivity contribution in [3.8, 4) is 5.75 Å². The van der Waals surface area contributed by atoms with E-state index in [4.69, 9.17) is 9.47 Å². The lowest BCUT2D eigenvalue weighted by atomic mass is 9.92. The van der Waals surface area contributed by atoms with Gasteiger partial charge in [-0.2, -0.15) is 0 Å². The van der Waals surface area contributed by atoms with Crippen molar-refractivity contribution in [3.05, 3.63) is 28.3 Å². The Morgan fingerprint density at radius 3 is 2.90 bits per heavy atom. The summed E-state index contributed by atoms with van der Waals surface area (Å²) in [6.45, 7) is 2.42. The molecule has 0 spiro atoms. The van der Waals surface area contributed by atoms with Gasteiger partial charge in [-0.1, -0.05) is 0 Å². The first-order valence-electron chi connectivity index (χ1n) is 7.34. The average molecular weight is 294 g/mol. The highest BCUT2D eigenvalue weighted by molar-refractivity contribution is 5.64. The minimum atomic E-state index is -0.366. The summed E-state index contributed by atoms with van der Waals surface area (Å²) in [5.74, 6) is 0.643. The Bertz CT molecular complexity index is 493. The molecule has 0 radical (unpaired) electrons. The van der Waals surface area contributed by atoms with Crippen molar-refractivity contribution in [1.82, 2.24) is 0 Å². The summed E-state index contributed by atoms with van der Waals surface area (Å²) in [5.41, 5.74) is 0.602. The fourth-order valence-corrected chi connectivity index (χ4v) is 2.76. The number of anilines is 1. The largest absolute Gasteiger partial charge is 0.494 e. The van der Waals surface area contributed by atoms with E-state index in [-0.39, 0.29) is 22.8 Å². The summed E-state index contributed by atoms with van der Waals surface area (Å²) in [6, 6.07) is 5.02. The van der Waals surface area contributed by atoms with Gasteiger partial charge in [0, 0.05) is 25.3 Å². The molecule has 0 aliphatic heterocycles. The topological polar surface area (TPSA) is 73.6 Å². The SMILES string of the molecule is CCOc1ccc([N+](=O)[O-])c(NC2CCCC(OC)C2)c1. The molecule has 0 amide bonds. The van der Waals surface area contributed by atoms with Crippen molar-refractivity contribution in [1.29, 1.82) is 0 Å². The Morgan fingerprint density at radius 1 is 1.43 bits per heavy atom. The summed E-state index contributed by atoms with van der Waals surface area (Å²) in [7, 11) is 1.71. The van der Waals surface area contributed by atoms with Crippen LogP contribution in [0, 0.1) is 10.1 Å². The quantitative estimate of drug-likeness (QED) is 0.643. The molecule has 1 aliphatic carbocycles. The van der Waals surface area contributed by atoms with E-state index in [0.29, 0.717) is 18.0 Å². The third kappa shape index (κ3) is 4.07. The van der Waals surface area contributed by atoms with Crippen molar-refractivity contribution in [2.75, 3.05) is 19.0 Å². The van der Waals surface area contributed by atoms with Crippen molar-refractivity contribution in [2.45, 2.75) is 44.8 Å². The van der Waals surface area contributed by atoms with Crippen LogP contribution in [0.25, 0.3) is 0 Å². The van der Waals surface area contributed by atoms with Crippen LogP contribution in [-0.4, -0.2) is 30.8 Å². The number of ether oxygens (including phenoxy) is 2. The smallest absolute Gasteiger partial charge is 0.292 e. The van der Waals surface area contributed by atoms with Gasteiger partial charge in [-0.25, -0.2) is 0 Å². The van der Waals surface area contributed by atoms with Gasteiger partial charge in [0.1, 0.15) is 11.4 Å². The molecule has 1 saturated carbocycles. The van der Waals surface area contributed by atoms with Crippen molar-refractivity contribution in [2.24, 2.45) is 0 Å². The van der Waals surface area contributed by atoms with Crippen LogP contribution in [0.2, 0.25) is 0 Å². The van der Waals surface area contributed by atoms with Gasteiger partial charge in [0.2, 0.25) is 0 Å². The van der Waals surface area contributed by atoms with Crippen LogP contribution in [0.5, 0.6) is 5.75 Å². The van der Waals surface area contributed by atoms with Crippen LogP contribution >= 0.6 is 0 Å². The van der Waals surface area contributed by atoms with Crippen LogP contribution in [0.15, 0.2) is 18.2 Å². The molecule has 116 valence electrons. The fraction of sp³-hybridized carbons (Fsp3) is 0.600. The van der Waals surface area contributed by atoms with Crippen molar-refractivity contribution >= 4 is 11.4 Å². The zero-order valence-corrected chi connectivity index (χ0v) is 12.5. The van der Waals surface area contributed by atoms with Crippen LogP contribution in [0.4, 0.5) is 11.4 Å². The molecule has 0 heterocycles. The first-order chi connectivity index (χ1) is 10.1. The zero-order valence-electron chi connectivity index (χ0n) is 12.5. The van der Waals surface area contributed by atoms with Gasteiger partial charge in [0.15, 0.2) is 0 Å². The lowest BCUT2D eigenvalue weighted by Crippen LogP contribution is -2.31. The summed E-state index contributed by atoms with van der Waals surface area (Å²) >= 11 is 0. The fourth-order valence-electron chi connectivity index (χ4n) is 2.76. The van der Waals surface area contributed by atoms with Crippen LogP contribution < -0.4 is 10.1 Å². The van der Waals surface area contributed by atoms with E-state index in [0.717, 1.165) is 25.7 Å². The Balaban J connectivity index is 2.16. The highest BCUT2D eigenvalue weighted by atomic mass is 16.6. The van der Waals surface area contributed by atoms with Gasteiger partial charge in [-0.15, -0.1) is 0 Å². The molecule has 0 aromatic heterocycles. The minimum absolute atomic E-state index is 0.0815. The summed E-state index contributed by atoms with van der Waals surface area (Å²) in [6.07, 6.45) is 4.21. The number of methoxy groups -OCH3 is 1. The molecule has 2 atom stereocenters. The van der Waals surface area contributed by atoms with Crippen molar-refractivity contribution < 1.29 is 14.4 Å². The lowest BCUT2D eigenvalue weighted by Gasteiger charge is -2.29. The maximum atomic E-state index is 11.2. The second-order valence-corrected chi connectivity index (χ2v) is 5.23. The van der Waals surface area contributed by atoms with E-state index >= 15 is 0 Å². The van der Waals surface area contributed by atoms with E-state index in [1.807, 2.05) is 6.92 Å². The molecular weight excluding hydrogens is 272 g/mol. The van der Waals surface area contributed by atoms with E-state index < -0.39 is 0 Å². The molecule has 1 aromatic rings. The minimum Gasteiger partial charge on any atom is -0.494 e. The molecule has 2 rings (SSSR count). The van der Waals surface area contributed by atoms with E-state index in [1.54, 1.807) is 19.2 Å². The number of rotatable bonds is 6. The molecular formula is C15H22N2O4. The number of hydrogen-bond acceptors (Lipinski definition) is 5. The molecule has 1 aromatic carbocycles. The molecule has 0 saturated heterocycles. The first-order valence-corrected chi connectivity index (χ1v) is 7.34. The Morgan fingerprint density at radius 2 is 2.24 bits per heavy atom. The second kappa shape index (κ2) is 7.26. The standard InChI is InChI=1S/C15H22N2O4/c1-3-21-13-7-8-15(17(18)19)14(10-13)16-11-5-4-6-12(9-11)20-2/h7-8,10-12,16H,3-6,9H2,1-2H3. The zero-order chi connectivity index (χ0) is 15.2. The van der Waals surface area contributed by atoms with Gasteiger partial charge in [-0.05, 0) is 38.7 Å². The average Bonchev–Trinajstić information content (AvgIpc) is 2.48. The molecule has 2 unspecified atom stereocenters. The van der Waals surface area contributed by atoms with Crippen LogP contribution in [0.3, 0.4) is 0 Å². The predicted molar refractivity (Wildman–Crippen MR) is 80.9 cm³/mol. The van der Waals surface area contributed by atoms with Crippen LogP contribution in [0.1, 0.15) is 32.6 Å². The highest BCUT2D eigenvalue weighted by Gasteiger charge is 2.24. The summed E-state index contributed by atoms with van der Waals surface area (Å²) < 4.78 is 10.8. The summed E-state index contributed by atoms with van der Waals surface area (Å²) in [5, 5.41) is 14.4. The number of hydrogen-bond donors (Lipinski definition) is 1. The third-order valence-corrected chi connectivity index (χ3v) is 3.79. The molecule has 1 fully saturated rings. The van der Waals surface area contributed by atoms with Gasteiger partial charge < -0.3 is 14.8 Å². The summed E-state index contributed by atoms with van der Waals surface area (Å²) in [4.78, 5) is 10.8. The lowest BCUT2D eigenvalue weighted by molar-refractivity contribution is -0.384. The number of benzene rings is 1. The molecule has 6 nitrogen and oxygen atoms in total. The van der Waals surface area contributed by atoms with Crippen LogP contribution in [-0.2, 0) is 4.74 Å². The Hall–Kier alpha value is -1.82. The predicted octanol–water partition coefficient (Wildman–Crippen LogP) is 3.36. The maximum absolute atomic E-state index is 11.2. The molecule has 0 bridgehead atoms. The Kier molecular flexibility index (Phi) is 5.38. The molecule has 21 heavy (non-hydrogen) atoms. The first kappa shape index (κ1) is 15.6. The third-order valence-electron chi connectivity index (χ3n) is 3.79. The molecule has 6 heteroatoms. The normalized spacial score (nSPS) is 21.8. The number of nitrogens with zero attached hydrogens (tertiary/aromatic N) is 1.